The molecule has 2 aromatic carbocycles. The van der Waals surface area contributed by atoms with Gasteiger partial charge >= 0.3 is 0 Å². The highest BCUT2D eigenvalue weighted by Gasteiger charge is 2.20. The van der Waals surface area contributed by atoms with E-state index < -0.39 is 0 Å². The van der Waals surface area contributed by atoms with Crippen molar-refractivity contribution in [1.29, 1.82) is 0 Å². The SMILES string of the molecule is CN=C(NCC(=O)N1CCc2ccccc2C1)N(C)CCOc1ccccc1.I. The molecule has 0 atom stereocenters. The molecule has 1 N–H and O–H groups in total. The molecule has 156 valence electrons. The average molecular weight is 508 g/mol. The number of amides is 1. The number of nitrogens with one attached hydrogen (secondary N) is 1. The summed E-state index contributed by atoms with van der Waals surface area (Å²) in [6, 6.07) is 18.0. The summed E-state index contributed by atoms with van der Waals surface area (Å²) in [5.41, 5.74) is 2.58. The second kappa shape index (κ2) is 11.6. The molecular weight excluding hydrogens is 479 g/mol. The quantitative estimate of drug-likeness (QED) is 0.371. The number of hydrogen-bond acceptors (Lipinski definition) is 3. The van der Waals surface area contributed by atoms with Crippen LogP contribution in [0.15, 0.2) is 59.6 Å². The Kier molecular flexibility index (Phi) is 9.24. The van der Waals surface area contributed by atoms with E-state index in [9.17, 15) is 4.79 Å². The Labute approximate surface area is 190 Å². The van der Waals surface area contributed by atoms with Gasteiger partial charge in [-0.25, -0.2) is 0 Å². The lowest BCUT2D eigenvalue weighted by Crippen LogP contribution is -2.47. The molecule has 1 aliphatic rings. The fourth-order valence-corrected chi connectivity index (χ4v) is 3.28. The maximum absolute atomic E-state index is 12.6. The minimum atomic E-state index is 0. The number of benzene rings is 2. The zero-order chi connectivity index (χ0) is 19.8. The van der Waals surface area contributed by atoms with Gasteiger partial charge in [-0.1, -0.05) is 42.5 Å². The Morgan fingerprint density at radius 3 is 2.55 bits per heavy atom. The van der Waals surface area contributed by atoms with Gasteiger partial charge in [0.05, 0.1) is 13.1 Å². The zero-order valence-electron chi connectivity index (χ0n) is 17.0. The Morgan fingerprint density at radius 2 is 1.83 bits per heavy atom. The third-order valence-electron chi connectivity index (χ3n) is 4.89. The molecule has 1 amide bonds. The summed E-state index contributed by atoms with van der Waals surface area (Å²) < 4.78 is 5.73. The smallest absolute Gasteiger partial charge is 0.242 e. The highest BCUT2D eigenvalue weighted by Crippen LogP contribution is 2.18. The van der Waals surface area contributed by atoms with Crippen molar-refractivity contribution in [3.8, 4) is 5.75 Å². The number of rotatable bonds is 6. The molecule has 0 unspecified atom stereocenters. The maximum Gasteiger partial charge on any atom is 0.242 e. The van der Waals surface area contributed by atoms with Crippen molar-refractivity contribution < 1.29 is 9.53 Å². The van der Waals surface area contributed by atoms with Gasteiger partial charge < -0.3 is 19.9 Å². The van der Waals surface area contributed by atoms with Crippen LogP contribution in [0.4, 0.5) is 0 Å². The number of hydrogen-bond donors (Lipinski definition) is 1. The van der Waals surface area contributed by atoms with Crippen molar-refractivity contribution in [2.45, 2.75) is 13.0 Å². The van der Waals surface area contributed by atoms with Gasteiger partial charge in [-0.3, -0.25) is 9.79 Å². The van der Waals surface area contributed by atoms with Crippen molar-refractivity contribution in [2.24, 2.45) is 4.99 Å². The molecular formula is C22H29IN4O2. The molecule has 0 aliphatic carbocycles. The second-order valence-corrected chi connectivity index (χ2v) is 6.82. The molecule has 0 radical (unpaired) electrons. The van der Waals surface area contributed by atoms with Crippen LogP contribution in [0.3, 0.4) is 0 Å². The molecule has 0 bridgehead atoms. The lowest BCUT2D eigenvalue weighted by atomic mass is 10.00. The minimum Gasteiger partial charge on any atom is -0.492 e. The van der Waals surface area contributed by atoms with Crippen LogP contribution in [0.5, 0.6) is 5.75 Å². The second-order valence-electron chi connectivity index (χ2n) is 6.82. The molecule has 0 saturated heterocycles. The monoisotopic (exact) mass is 508 g/mol. The van der Waals surface area contributed by atoms with Crippen molar-refractivity contribution in [2.75, 3.05) is 40.3 Å². The van der Waals surface area contributed by atoms with Gasteiger partial charge in [0.15, 0.2) is 5.96 Å². The number of aliphatic imine (C=N–C) groups is 1. The molecule has 6 nitrogen and oxygen atoms in total. The Morgan fingerprint density at radius 1 is 1.14 bits per heavy atom. The molecule has 1 heterocycles. The van der Waals surface area contributed by atoms with Crippen molar-refractivity contribution >= 4 is 35.8 Å². The number of carbonyl (C=O) groups is 1. The van der Waals surface area contributed by atoms with Crippen LogP contribution >= 0.6 is 24.0 Å². The highest BCUT2D eigenvalue weighted by molar-refractivity contribution is 14.0. The number of para-hydroxylation sites is 1. The lowest BCUT2D eigenvalue weighted by Gasteiger charge is -2.29. The van der Waals surface area contributed by atoms with E-state index in [1.165, 1.54) is 11.1 Å². The van der Waals surface area contributed by atoms with E-state index >= 15 is 0 Å². The fraction of sp³-hybridized carbons (Fsp3) is 0.364. The zero-order valence-corrected chi connectivity index (χ0v) is 19.3. The number of carbonyl (C=O) groups excluding carboxylic acids is 1. The number of nitrogens with zero attached hydrogens (tertiary/aromatic N) is 3. The first kappa shape index (κ1) is 23.0. The van der Waals surface area contributed by atoms with Gasteiger partial charge in [0, 0.05) is 27.2 Å². The first-order valence-corrected chi connectivity index (χ1v) is 9.61. The Bertz CT molecular complexity index is 813. The molecule has 0 aromatic heterocycles. The van der Waals surface area contributed by atoms with Crippen molar-refractivity contribution in [3.63, 3.8) is 0 Å². The molecule has 0 fully saturated rings. The van der Waals surface area contributed by atoms with Crippen molar-refractivity contribution in [3.05, 3.63) is 65.7 Å². The predicted molar refractivity (Wildman–Crippen MR) is 127 cm³/mol. The topological polar surface area (TPSA) is 57.2 Å². The summed E-state index contributed by atoms with van der Waals surface area (Å²) in [5.74, 6) is 1.62. The van der Waals surface area contributed by atoms with Crippen LogP contribution in [-0.4, -0.2) is 62.0 Å². The average Bonchev–Trinajstić information content (AvgIpc) is 2.74. The molecule has 7 heteroatoms. The summed E-state index contributed by atoms with van der Waals surface area (Å²) in [7, 11) is 3.66. The van der Waals surface area contributed by atoms with E-state index in [0.29, 0.717) is 25.7 Å². The molecule has 0 spiro atoms. The summed E-state index contributed by atoms with van der Waals surface area (Å²) in [4.78, 5) is 20.8. The summed E-state index contributed by atoms with van der Waals surface area (Å²) in [6.07, 6.45) is 0.910. The normalized spacial score (nSPS) is 13.2. The summed E-state index contributed by atoms with van der Waals surface area (Å²) in [6.45, 7) is 2.88. The van der Waals surface area contributed by atoms with Crippen LogP contribution in [0.1, 0.15) is 11.1 Å². The number of ether oxygens (including phenoxy) is 1. The highest BCUT2D eigenvalue weighted by atomic mass is 127. The van der Waals surface area contributed by atoms with Crippen LogP contribution < -0.4 is 10.1 Å². The molecule has 1 aliphatic heterocycles. The molecule has 0 saturated carbocycles. The predicted octanol–water partition coefficient (Wildman–Crippen LogP) is 2.78. The lowest BCUT2D eigenvalue weighted by molar-refractivity contribution is -0.130. The molecule has 29 heavy (non-hydrogen) atoms. The van der Waals surface area contributed by atoms with Gasteiger partial charge in [-0.15, -0.1) is 24.0 Å². The maximum atomic E-state index is 12.6. The number of likely N-dealkylation sites (N-methyl/N-ethyl adjacent to an activating group) is 1. The third-order valence-corrected chi connectivity index (χ3v) is 4.89. The number of halogens is 1. The van der Waals surface area contributed by atoms with E-state index in [4.69, 9.17) is 4.74 Å². The van der Waals surface area contributed by atoms with E-state index in [0.717, 1.165) is 18.7 Å². The first-order valence-electron chi connectivity index (χ1n) is 9.61. The standard InChI is InChI=1S/C22H28N4O2.HI/c1-23-22(25(2)14-15-28-20-10-4-3-5-11-20)24-16-21(27)26-13-12-18-8-6-7-9-19(18)17-26;/h3-11H,12-17H2,1-2H3,(H,23,24);1H. The van der Waals surface area contributed by atoms with Crippen LogP contribution in [0.25, 0.3) is 0 Å². The van der Waals surface area contributed by atoms with Gasteiger partial charge in [-0.2, -0.15) is 0 Å². The largest absolute Gasteiger partial charge is 0.492 e. The van der Waals surface area contributed by atoms with Crippen LogP contribution in [-0.2, 0) is 17.8 Å². The van der Waals surface area contributed by atoms with Gasteiger partial charge in [-0.05, 0) is 29.7 Å². The Hall–Kier alpha value is -2.29. The summed E-state index contributed by atoms with van der Waals surface area (Å²) >= 11 is 0. The van der Waals surface area contributed by atoms with Gasteiger partial charge in [0.25, 0.3) is 0 Å². The van der Waals surface area contributed by atoms with Crippen molar-refractivity contribution in [1.82, 2.24) is 15.1 Å². The number of fused-ring (bicyclic) bond motifs is 1. The first-order chi connectivity index (χ1) is 13.7. The third kappa shape index (κ3) is 6.62. The van der Waals surface area contributed by atoms with Crippen LogP contribution in [0.2, 0.25) is 0 Å². The number of guanidine groups is 1. The van der Waals surface area contributed by atoms with E-state index in [2.05, 4.69) is 28.5 Å². The molecule has 2 aromatic rings. The Balaban J connectivity index is 0.00000300. The minimum absolute atomic E-state index is 0. The fourth-order valence-electron chi connectivity index (χ4n) is 3.28. The van der Waals surface area contributed by atoms with Gasteiger partial charge in [0.1, 0.15) is 12.4 Å². The van der Waals surface area contributed by atoms with E-state index in [1.807, 2.05) is 53.2 Å². The van der Waals surface area contributed by atoms with E-state index in [-0.39, 0.29) is 36.4 Å². The molecule has 3 rings (SSSR count). The van der Waals surface area contributed by atoms with Gasteiger partial charge in [0.2, 0.25) is 5.91 Å². The summed E-state index contributed by atoms with van der Waals surface area (Å²) in [5, 5.41) is 3.17. The van der Waals surface area contributed by atoms with Crippen LogP contribution in [0, 0.1) is 0 Å². The van der Waals surface area contributed by atoms with E-state index in [1.54, 1.807) is 7.05 Å².